The molecule has 0 aliphatic rings. The normalized spacial score (nSPS) is 11.4. The maximum absolute atomic E-state index is 12.1. The fourth-order valence-electron chi connectivity index (χ4n) is 1.89. The van der Waals surface area contributed by atoms with Gasteiger partial charge in [-0.1, -0.05) is 23.4 Å². The third kappa shape index (κ3) is 3.92. The molecule has 2 rings (SSSR count). The summed E-state index contributed by atoms with van der Waals surface area (Å²) in [5.74, 6) is 0.697. The Morgan fingerprint density at radius 3 is 2.55 bits per heavy atom. The number of nitrogens with one attached hydrogen (secondary N) is 1. The minimum absolute atomic E-state index is 0.0721. The number of carbonyl (C=O) groups excluding carboxylic acids is 1. The van der Waals surface area contributed by atoms with Gasteiger partial charge in [0, 0.05) is 26.1 Å². The summed E-state index contributed by atoms with van der Waals surface area (Å²) < 4.78 is 31.5. The zero-order valence-corrected chi connectivity index (χ0v) is 13.1. The first-order valence-corrected chi connectivity index (χ1v) is 8.14. The Morgan fingerprint density at radius 2 is 2.00 bits per heavy atom. The molecule has 1 aromatic carbocycles. The van der Waals surface area contributed by atoms with Crippen molar-refractivity contribution >= 4 is 21.7 Å². The second-order valence-corrected chi connectivity index (χ2v) is 6.44. The molecule has 0 unspecified atom stereocenters. The molecular weight excluding hydrogens is 306 g/mol. The zero-order valence-electron chi connectivity index (χ0n) is 12.3. The molecule has 0 bridgehead atoms. The number of aryl methyl sites for hydroxylation is 1. The van der Waals surface area contributed by atoms with Gasteiger partial charge in [0.15, 0.2) is 5.82 Å². The van der Waals surface area contributed by atoms with Gasteiger partial charge in [0.25, 0.3) is 0 Å². The average molecular weight is 323 g/mol. The van der Waals surface area contributed by atoms with Gasteiger partial charge in [-0.15, -0.1) is 0 Å². The number of hydrogen-bond acceptors (Lipinski definition) is 5. The van der Waals surface area contributed by atoms with Crippen molar-refractivity contribution in [3.05, 3.63) is 42.2 Å². The number of aromatic nitrogens is 1. The smallest absolute Gasteiger partial charge is 0.240 e. The van der Waals surface area contributed by atoms with Gasteiger partial charge in [0.2, 0.25) is 15.9 Å². The van der Waals surface area contributed by atoms with E-state index in [0.29, 0.717) is 11.6 Å². The first-order chi connectivity index (χ1) is 10.4. The third-order valence-corrected chi connectivity index (χ3v) is 4.43. The highest BCUT2D eigenvalue weighted by Crippen LogP contribution is 2.14. The van der Waals surface area contributed by atoms with Gasteiger partial charge in [0.05, 0.1) is 4.90 Å². The highest BCUT2D eigenvalue weighted by molar-refractivity contribution is 7.89. The van der Waals surface area contributed by atoms with E-state index in [2.05, 4.69) is 9.88 Å². The molecule has 0 spiro atoms. The van der Waals surface area contributed by atoms with E-state index in [1.165, 1.54) is 24.0 Å². The molecule has 0 radical (unpaired) electrons. The van der Waals surface area contributed by atoms with Crippen molar-refractivity contribution in [2.75, 3.05) is 18.0 Å². The number of benzene rings is 1. The monoisotopic (exact) mass is 323 g/mol. The number of hydrogen-bond donors (Lipinski definition) is 1. The molecule has 0 aliphatic heterocycles. The second kappa shape index (κ2) is 6.71. The Hall–Kier alpha value is -2.19. The van der Waals surface area contributed by atoms with Gasteiger partial charge in [-0.05, 0) is 19.1 Å². The van der Waals surface area contributed by atoms with Gasteiger partial charge >= 0.3 is 0 Å². The maximum atomic E-state index is 12.1. The van der Waals surface area contributed by atoms with Crippen molar-refractivity contribution in [1.29, 1.82) is 0 Å². The first-order valence-electron chi connectivity index (χ1n) is 6.66. The van der Waals surface area contributed by atoms with Crippen molar-refractivity contribution in [3.8, 4) is 0 Å². The highest BCUT2D eigenvalue weighted by atomic mass is 32.2. The van der Waals surface area contributed by atoms with Crippen molar-refractivity contribution < 1.29 is 17.7 Å². The Balaban J connectivity index is 2.01. The molecular formula is C14H17N3O4S. The Kier molecular flexibility index (Phi) is 4.94. The molecule has 0 saturated heterocycles. The van der Waals surface area contributed by atoms with Crippen molar-refractivity contribution in [2.45, 2.75) is 18.7 Å². The van der Waals surface area contributed by atoms with E-state index in [0.717, 1.165) is 0 Å². The lowest BCUT2D eigenvalue weighted by Gasteiger charge is -2.17. The van der Waals surface area contributed by atoms with Crippen LogP contribution < -0.4 is 9.62 Å². The molecule has 118 valence electrons. The molecule has 22 heavy (non-hydrogen) atoms. The van der Waals surface area contributed by atoms with Crippen molar-refractivity contribution in [1.82, 2.24) is 9.88 Å². The van der Waals surface area contributed by atoms with Crippen LogP contribution in [0.3, 0.4) is 0 Å². The van der Waals surface area contributed by atoms with Crippen LogP contribution in [0, 0.1) is 6.92 Å². The van der Waals surface area contributed by atoms with Gasteiger partial charge in [-0.2, -0.15) is 0 Å². The van der Waals surface area contributed by atoms with E-state index in [1.807, 2.05) is 0 Å². The topological polar surface area (TPSA) is 92.5 Å². The number of amides is 1. The van der Waals surface area contributed by atoms with Gasteiger partial charge < -0.3 is 4.52 Å². The summed E-state index contributed by atoms with van der Waals surface area (Å²) in [5, 5.41) is 3.76. The van der Waals surface area contributed by atoms with Crippen LogP contribution in [0.15, 0.2) is 45.8 Å². The van der Waals surface area contributed by atoms with Gasteiger partial charge in [0.1, 0.15) is 5.76 Å². The molecule has 1 N–H and O–H groups in total. The fourth-order valence-corrected chi connectivity index (χ4v) is 2.93. The number of rotatable bonds is 6. The quantitative estimate of drug-likeness (QED) is 0.865. The summed E-state index contributed by atoms with van der Waals surface area (Å²) in [6.45, 7) is 3.33. The standard InChI is InChI=1S/C14H17N3O4S/c1-11-10-14(16-21-11)17(12(2)18)9-8-15-22(19,20)13-6-4-3-5-7-13/h3-7,10,15H,8-9H2,1-2H3. The predicted molar refractivity (Wildman–Crippen MR) is 80.9 cm³/mol. The number of anilines is 1. The van der Waals surface area contributed by atoms with E-state index < -0.39 is 10.0 Å². The Bertz CT molecular complexity index is 740. The van der Waals surface area contributed by atoms with Gasteiger partial charge in [-0.3, -0.25) is 9.69 Å². The van der Waals surface area contributed by atoms with Crippen LogP contribution >= 0.6 is 0 Å². The summed E-state index contributed by atoms with van der Waals surface area (Å²) in [7, 11) is -3.59. The van der Waals surface area contributed by atoms with E-state index in [9.17, 15) is 13.2 Å². The Morgan fingerprint density at radius 1 is 1.32 bits per heavy atom. The number of carbonyl (C=O) groups is 1. The van der Waals surface area contributed by atoms with E-state index in [1.54, 1.807) is 31.2 Å². The van der Waals surface area contributed by atoms with Gasteiger partial charge in [-0.25, -0.2) is 13.1 Å². The molecule has 0 aliphatic carbocycles. The molecule has 1 heterocycles. The lowest BCUT2D eigenvalue weighted by molar-refractivity contribution is -0.116. The summed E-state index contributed by atoms with van der Waals surface area (Å²) in [5.41, 5.74) is 0. The summed E-state index contributed by atoms with van der Waals surface area (Å²) >= 11 is 0. The van der Waals surface area contributed by atoms with Crippen LogP contribution in [-0.2, 0) is 14.8 Å². The number of sulfonamides is 1. The SMILES string of the molecule is CC(=O)N(CCNS(=O)(=O)c1ccccc1)c1cc(C)on1. The zero-order chi connectivity index (χ0) is 16.2. The van der Waals surface area contributed by atoms with Crippen LogP contribution in [-0.4, -0.2) is 32.6 Å². The average Bonchev–Trinajstić information content (AvgIpc) is 2.90. The minimum atomic E-state index is -3.59. The maximum Gasteiger partial charge on any atom is 0.240 e. The first kappa shape index (κ1) is 16.2. The van der Waals surface area contributed by atoms with Crippen LogP contribution in [0.2, 0.25) is 0 Å². The van der Waals surface area contributed by atoms with Crippen LogP contribution in [0.4, 0.5) is 5.82 Å². The van der Waals surface area contributed by atoms with E-state index >= 15 is 0 Å². The van der Waals surface area contributed by atoms with E-state index in [4.69, 9.17) is 4.52 Å². The summed E-state index contributed by atoms with van der Waals surface area (Å²) in [4.78, 5) is 13.2. The largest absolute Gasteiger partial charge is 0.360 e. The predicted octanol–water partition coefficient (Wildman–Crippen LogP) is 1.31. The van der Waals surface area contributed by atoms with Crippen molar-refractivity contribution in [2.24, 2.45) is 0 Å². The van der Waals surface area contributed by atoms with Crippen LogP contribution in [0.5, 0.6) is 0 Å². The molecule has 7 nitrogen and oxygen atoms in total. The summed E-state index contributed by atoms with van der Waals surface area (Å²) in [6.07, 6.45) is 0. The molecule has 8 heteroatoms. The molecule has 2 aromatic rings. The molecule has 0 saturated carbocycles. The fraction of sp³-hybridized carbons (Fsp3) is 0.286. The molecule has 1 amide bonds. The molecule has 0 atom stereocenters. The molecule has 0 fully saturated rings. The second-order valence-electron chi connectivity index (χ2n) is 4.68. The van der Waals surface area contributed by atoms with Crippen molar-refractivity contribution in [3.63, 3.8) is 0 Å². The lowest BCUT2D eigenvalue weighted by atomic mass is 10.4. The lowest BCUT2D eigenvalue weighted by Crippen LogP contribution is -2.37. The van der Waals surface area contributed by atoms with Crippen LogP contribution in [0.1, 0.15) is 12.7 Å². The highest BCUT2D eigenvalue weighted by Gasteiger charge is 2.17. The minimum Gasteiger partial charge on any atom is -0.360 e. The number of nitrogens with zero attached hydrogens (tertiary/aromatic N) is 2. The Labute approximate surface area is 129 Å². The van der Waals surface area contributed by atoms with E-state index in [-0.39, 0.29) is 23.9 Å². The third-order valence-electron chi connectivity index (χ3n) is 2.95. The summed E-state index contributed by atoms with van der Waals surface area (Å²) in [6, 6.07) is 9.66. The van der Waals surface area contributed by atoms with Crippen LogP contribution in [0.25, 0.3) is 0 Å². The molecule has 1 aromatic heterocycles.